The highest BCUT2D eigenvalue weighted by molar-refractivity contribution is 5.93. The molecule has 20 heavy (non-hydrogen) atoms. The molecule has 0 bridgehead atoms. The van der Waals surface area contributed by atoms with Crippen LogP contribution in [0.1, 0.15) is 5.69 Å². The molecule has 0 aliphatic carbocycles. The molecule has 0 aliphatic heterocycles. The van der Waals surface area contributed by atoms with Gasteiger partial charge in [0.05, 0.1) is 6.20 Å². The minimum atomic E-state index is -0.0663. The van der Waals surface area contributed by atoms with Gasteiger partial charge in [-0.25, -0.2) is 4.98 Å². The van der Waals surface area contributed by atoms with E-state index >= 15 is 0 Å². The molecule has 0 saturated heterocycles. The highest BCUT2D eigenvalue weighted by Gasteiger charge is 2.05. The lowest BCUT2D eigenvalue weighted by molar-refractivity contribution is 0.484. The van der Waals surface area contributed by atoms with Gasteiger partial charge in [0.25, 0.3) is 0 Å². The number of hydrogen-bond donors (Lipinski definition) is 2. The van der Waals surface area contributed by atoms with Crippen molar-refractivity contribution in [1.82, 2.24) is 9.97 Å². The third-order valence-corrected chi connectivity index (χ3v) is 2.84. The molecule has 5 heteroatoms. The van der Waals surface area contributed by atoms with Gasteiger partial charge in [0, 0.05) is 11.6 Å². The molecule has 98 valence electrons. The first-order chi connectivity index (χ1) is 9.74. The second-order valence-electron chi connectivity index (χ2n) is 4.23. The molecule has 3 aromatic rings. The van der Waals surface area contributed by atoms with Crippen LogP contribution in [0.5, 0.6) is 11.5 Å². The third kappa shape index (κ3) is 2.29. The number of nitrogens with zero attached hydrogens (tertiary/aromatic N) is 2. The maximum absolute atomic E-state index is 7.30. The number of benzene rings is 1. The molecule has 0 radical (unpaired) electrons. The van der Waals surface area contributed by atoms with E-state index in [4.69, 9.17) is 15.9 Å². The van der Waals surface area contributed by atoms with E-state index in [0.29, 0.717) is 17.2 Å². The predicted octanol–water partition coefficient (Wildman–Crippen LogP) is 2.71. The molecular weight excluding hydrogens is 252 g/mol. The van der Waals surface area contributed by atoms with Gasteiger partial charge in [-0.2, -0.15) is 0 Å². The Balaban J connectivity index is 1.95. The van der Waals surface area contributed by atoms with Crippen LogP contribution in [0.2, 0.25) is 0 Å². The van der Waals surface area contributed by atoms with Crippen LogP contribution >= 0.6 is 0 Å². The van der Waals surface area contributed by atoms with E-state index in [1.807, 2.05) is 30.3 Å². The van der Waals surface area contributed by atoms with Crippen molar-refractivity contribution in [2.24, 2.45) is 5.73 Å². The molecule has 0 unspecified atom stereocenters. The zero-order valence-corrected chi connectivity index (χ0v) is 10.6. The number of nitrogens with two attached hydrogens (primary N) is 1. The number of pyridine rings is 2. The maximum atomic E-state index is 7.30. The van der Waals surface area contributed by atoms with Gasteiger partial charge < -0.3 is 10.5 Å². The van der Waals surface area contributed by atoms with E-state index in [1.54, 1.807) is 24.5 Å². The summed E-state index contributed by atoms with van der Waals surface area (Å²) in [6.07, 6.45) is 3.27. The Hall–Kier alpha value is -2.95. The zero-order valence-electron chi connectivity index (χ0n) is 10.6. The van der Waals surface area contributed by atoms with Gasteiger partial charge >= 0.3 is 0 Å². The number of fused-ring (bicyclic) bond motifs is 1. The minimum Gasteiger partial charge on any atom is -0.453 e. The molecular formula is C15H12N4O. The highest BCUT2D eigenvalue weighted by atomic mass is 16.5. The van der Waals surface area contributed by atoms with Crippen LogP contribution < -0.4 is 10.5 Å². The second-order valence-corrected chi connectivity index (χ2v) is 4.23. The Morgan fingerprint density at radius 1 is 1.05 bits per heavy atom. The molecule has 2 aromatic heterocycles. The van der Waals surface area contributed by atoms with Crippen molar-refractivity contribution in [2.45, 2.75) is 0 Å². The van der Waals surface area contributed by atoms with Gasteiger partial charge in [0.15, 0.2) is 5.75 Å². The molecule has 2 heterocycles. The summed E-state index contributed by atoms with van der Waals surface area (Å²) in [5, 5.41) is 8.31. The number of para-hydroxylation sites is 1. The first-order valence-corrected chi connectivity index (χ1v) is 6.06. The summed E-state index contributed by atoms with van der Waals surface area (Å²) < 4.78 is 5.79. The Kier molecular flexibility index (Phi) is 3.01. The van der Waals surface area contributed by atoms with Crippen molar-refractivity contribution in [3.63, 3.8) is 0 Å². The van der Waals surface area contributed by atoms with E-state index < -0.39 is 0 Å². The number of rotatable bonds is 3. The monoisotopic (exact) mass is 264 g/mol. The van der Waals surface area contributed by atoms with Crippen molar-refractivity contribution in [1.29, 1.82) is 5.41 Å². The molecule has 0 atom stereocenters. The van der Waals surface area contributed by atoms with Gasteiger partial charge in [-0.3, -0.25) is 10.4 Å². The largest absolute Gasteiger partial charge is 0.453 e. The molecule has 3 N–H and O–H groups in total. The van der Waals surface area contributed by atoms with Crippen molar-refractivity contribution >= 4 is 16.7 Å². The Bertz CT molecular complexity index is 763. The van der Waals surface area contributed by atoms with Crippen molar-refractivity contribution < 1.29 is 4.74 Å². The van der Waals surface area contributed by atoms with Crippen LogP contribution in [-0.4, -0.2) is 15.8 Å². The van der Waals surface area contributed by atoms with Crippen LogP contribution in [0, 0.1) is 5.41 Å². The first kappa shape index (κ1) is 12.1. The molecule has 0 saturated carbocycles. The van der Waals surface area contributed by atoms with Gasteiger partial charge in [0.1, 0.15) is 22.8 Å². The SMILES string of the molecule is N=C(N)c1ccc(Oc2cccc3cccnc23)cn1. The lowest BCUT2D eigenvalue weighted by Crippen LogP contribution is -2.12. The first-order valence-electron chi connectivity index (χ1n) is 6.06. The average molecular weight is 264 g/mol. The predicted molar refractivity (Wildman–Crippen MR) is 77.1 cm³/mol. The Labute approximate surface area is 115 Å². The van der Waals surface area contributed by atoms with Crippen LogP contribution in [-0.2, 0) is 0 Å². The van der Waals surface area contributed by atoms with Gasteiger partial charge in [0.2, 0.25) is 0 Å². The van der Waals surface area contributed by atoms with Crippen LogP contribution in [0.4, 0.5) is 0 Å². The molecule has 0 fully saturated rings. The molecule has 1 aromatic carbocycles. The number of aromatic nitrogens is 2. The highest BCUT2D eigenvalue weighted by Crippen LogP contribution is 2.27. The van der Waals surface area contributed by atoms with E-state index in [9.17, 15) is 0 Å². The summed E-state index contributed by atoms with van der Waals surface area (Å²) >= 11 is 0. The summed E-state index contributed by atoms with van der Waals surface area (Å²) in [6, 6.07) is 13.0. The van der Waals surface area contributed by atoms with E-state index in [2.05, 4.69) is 9.97 Å². The van der Waals surface area contributed by atoms with Crippen LogP contribution in [0.15, 0.2) is 54.9 Å². The lowest BCUT2D eigenvalue weighted by Gasteiger charge is -2.08. The lowest BCUT2D eigenvalue weighted by atomic mass is 10.2. The van der Waals surface area contributed by atoms with E-state index in [-0.39, 0.29) is 5.84 Å². The van der Waals surface area contributed by atoms with Gasteiger partial charge in [-0.15, -0.1) is 0 Å². The fourth-order valence-corrected chi connectivity index (χ4v) is 1.89. The summed E-state index contributed by atoms with van der Waals surface area (Å²) in [5.41, 5.74) is 6.58. The number of amidine groups is 1. The second kappa shape index (κ2) is 4.97. The quantitative estimate of drug-likeness (QED) is 0.562. The van der Waals surface area contributed by atoms with Crippen molar-refractivity contribution in [2.75, 3.05) is 0 Å². The van der Waals surface area contributed by atoms with E-state index in [0.717, 1.165) is 10.9 Å². The number of ether oxygens (including phenoxy) is 1. The van der Waals surface area contributed by atoms with Gasteiger partial charge in [-0.1, -0.05) is 18.2 Å². The number of nitrogens with one attached hydrogen (secondary N) is 1. The summed E-state index contributed by atoms with van der Waals surface area (Å²) in [4.78, 5) is 8.38. The number of hydrogen-bond acceptors (Lipinski definition) is 4. The molecule has 5 nitrogen and oxygen atoms in total. The molecule has 0 amide bonds. The smallest absolute Gasteiger partial charge is 0.153 e. The average Bonchev–Trinajstić information content (AvgIpc) is 2.48. The fraction of sp³-hybridized carbons (Fsp3) is 0. The molecule has 0 spiro atoms. The summed E-state index contributed by atoms with van der Waals surface area (Å²) in [7, 11) is 0. The minimum absolute atomic E-state index is 0.0663. The summed E-state index contributed by atoms with van der Waals surface area (Å²) in [5.74, 6) is 1.18. The maximum Gasteiger partial charge on any atom is 0.153 e. The summed E-state index contributed by atoms with van der Waals surface area (Å²) in [6.45, 7) is 0. The Morgan fingerprint density at radius 3 is 2.65 bits per heavy atom. The number of nitrogen functional groups attached to an aromatic ring is 1. The van der Waals surface area contributed by atoms with Gasteiger partial charge in [-0.05, 0) is 24.3 Å². The van der Waals surface area contributed by atoms with Crippen LogP contribution in [0.25, 0.3) is 10.9 Å². The van der Waals surface area contributed by atoms with Crippen molar-refractivity contribution in [3.8, 4) is 11.5 Å². The topological polar surface area (TPSA) is 84.9 Å². The Morgan fingerprint density at radius 2 is 1.90 bits per heavy atom. The molecule has 0 aliphatic rings. The van der Waals surface area contributed by atoms with Crippen LogP contribution in [0.3, 0.4) is 0 Å². The third-order valence-electron chi connectivity index (χ3n) is 2.84. The fourth-order valence-electron chi connectivity index (χ4n) is 1.89. The normalized spacial score (nSPS) is 10.4. The zero-order chi connectivity index (χ0) is 13.9. The standard InChI is InChI=1S/C15H12N4O/c16-15(17)12-7-6-11(9-19-12)20-13-5-1-3-10-4-2-8-18-14(10)13/h1-9H,(H3,16,17). The van der Waals surface area contributed by atoms with E-state index in [1.165, 1.54) is 0 Å². The van der Waals surface area contributed by atoms with Crippen molar-refractivity contribution in [3.05, 3.63) is 60.6 Å². The molecule has 3 rings (SSSR count).